The van der Waals surface area contributed by atoms with E-state index in [4.69, 9.17) is 5.11 Å². The Kier molecular flexibility index (Phi) is 2.69. The normalized spacial score (nSPS) is 14.7. The van der Waals surface area contributed by atoms with Crippen molar-refractivity contribution in [2.24, 2.45) is 5.41 Å². The number of aliphatic carboxylic acids is 1. The highest BCUT2D eigenvalue weighted by Gasteiger charge is 2.31. The van der Waals surface area contributed by atoms with E-state index in [-0.39, 0.29) is 6.42 Å². The molecule has 14 heavy (non-hydrogen) atoms. The number of nitrogens with zero attached hydrogens (tertiary/aromatic N) is 2. The summed E-state index contributed by atoms with van der Waals surface area (Å²) in [5.41, 5.74) is 0.137. The fourth-order valence-corrected chi connectivity index (χ4v) is 0.993. The van der Waals surface area contributed by atoms with Gasteiger partial charge in [-0.2, -0.15) is 0 Å². The number of carboxylic acid groups (broad SMARTS) is 1. The predicted molar refractivity (Wildman–Crippen MR) is 48.7 cm³/mol. The molecule has 76 valence electrons. The minimum atomic E-state index is -1.02. The molecule has 1 aromatic rings. The van der Waals surface area contributed by atoms with Crippen LogP contribution in [0.15, 0.2) is 17.3 Å². The molecule has 1 rings (SSSR count). The number of carboxylic acids is 1. The molecular weight excluding hydrogens is 184 g/mol. The number of carbonyl (C=O) groups is 1. The molecule has 0 saturated carbocycles. The monoisotopic (exact) mass is 196 g/mol. The minimum absolute atomic E-state index is 0.237. The third-order valence-corrected chi connectivity index (χ3v) is 2.22. The van der Waals surface area contributed by atoms with Gasteiger partial charge >= 0.3 is 5.97 Å². The molecule has 0 amide bonds. The molecule has 1 aromatic heterocycles. The first-order valence-corrected chi connectivity index (χ1v) is 4.14. The van der Waals surface area contributed by atoms with Crippen LogP contribution in [0.25, 0.3) is 0 Å². The molecule has 1 atom stereocenters. The maximum absolute atomic E-state index is 10.9. The van der Waals surface area contributed by atoms with Crippen molar-refractivity contribution >= 4 is 5.97 Å². The Balaban J connectivity index is 2.91. The lowest BCUT2D eigenvalue weighted by Crippen LogP contribution is -2.27. The molecule has 5 heteroatoms. The van der Waals surface area contributed by atoms with E-state index in [1.165, 1.54) is 6.08 Å². The first-order chi connectivity index (χ1) is 6.49. The van der Waals surface area contributed by atoms with Crippen LogP contribution in [0.5, 0.6) is 0 Å². The summed E-state index contributed by atoms with van der Waals surface area (Å²) in [4.78, 5) is 10.9. The molecule has 0 aliphatic rings. The molecule has 1 N–H and O–H groups in total. The van der Waals surface area contributed by atoms with Crippen LogP contribution >= 0.6 is 0 Å². The molecular formula is C9H12N2O3. The van der Waals surface area contributed by atoms with Gasteiger partial charge in [-0.25, -0.2) is 4.63 Å². The van der Waals surface area contributed by atoms with Gasteiger partial charge in [0.15, 0.2) is 0 Å². The lowest BCUT2D eigenvalue weighted by atomic mass is 9.85. The predicted octanol–water partition coefficient (Wildman–Crippen LogP) is 1.20. The second-order valence-corrected chi connectivity index (χ2v) is 3.40. The Labute approximate surface area is 81.4 Å². The summed E-state index contributed by atoms with van der Waals surface area (Å²) in [7, 11) is 0. The largest absolute Gasteiger partial charge is 0.481 e. The van der Waals surface area contributed by atoms with Crippen molar-refractivity contribution in [1.29, 1.82) is 0 Å². The van der Waals surface area contributed by atoms with Crippen molar-refractivity contribution < 1.29 is 14.5 Å². The Hall–Kier alpha value is -1.65. The zero-order valence-electron chi connectivity index (χ0n) is 8.15. The van der Waals surface area contributed by atoms with Gasteiger partial charge in [-0.1, -0.05) is 16.4 Å². The van der Waals surface area contributed by atoms with Gasteiger partial charge in [-0.15, -0.1) is 6.58 Å². The molecule has 1 heterocycles. The van der Waals surface area contributed by atoms with E-state index < -0.39 is 11.4 Å². The van der Waals surface area contributed by atoms with Gasteiger partial charge in [-0.3, -0.25) is 4.79 Å². The van der Waals surface area contributed by atoms with E-state index in [1.807, 2.05) is 0 Å². The van der Waals surface area contributed by atoms with E-state index in [1.54, 1.807) is 13.8 Å². The van der Waals surface area contributed by atoms with E-state index >= 15 is 0 Å². The van der Waals surface area contributed by atoms with Gasteiger partial charge in [0, 0.05) is 6.42 Å². The van der Waals surface area contributed by atoms with Crippen LogP contribution in [0.1, 0.15) is 18.3 Å². The van der Waals surface area contributed by atoms with E-state index in [0.717, 1.165) is 0 Å². The van der Waals surface area contributed by atoms with Gasteiger partial charge in [-0.05, 0) is 13.8 Å². The lowest BCUT2D eigenvalue weighted by Gasteiger charge is -2.18. The molecule has 0 fully saturated rings. The summed E-state index contributed by atoms with van der Waals surface area (Å²) in [5, 5.41) is 16.2. The van der Waals surface area contributed by atoms with Crippen molar-refractivity contribution in [3.8, 4) is 0 Å². The van der Waals surface area contributed by atoms with Gasteiger partial charge in [0.1, 0.15) is 11.4 Å². The molecule has 0 aromatic carbocycles. The Morgan fingerprint density at radius 1 is 1.71 bits per heavy atom. The standard InChI is InChI=1S/C9H12N2O3/c1-4-9(3,8(12)13)5-7-6(2)10-14-11-7/h4H,1,5H2,2-3H3,(H,12,13). The van der Waals surface area contributed by atoms with Crippen LogP contribution < -0.4 is 0 Å². The van der Waals surface area contributed by atoms with Crippen molar-refractivity contribution in [2.75, 3.05) is 0 Å². The number of hydrogen-bond donors (Lipinski definition) is 1. The second-order valence-electron chi connectivity index (χ2n) is 3.40. The summed E-state index contributed by atoms with van der Waals surface area (Å²) < 4.78 is 4.49. The highest BCUT2D eigenvalue weighted by Crippen LogP contribution is 2.24. The molecule has 0 spiro atoms. The SMILES string of the molecule is C=CC(C)(Cc1nonc1C)C(=O)O. The van der Waals surface area contributed by atoms with Crippen LogP contribution in [-0.2, 0) is 11.2 Å². The van der Waals surface area contributed by atoms with Crippen LogP contribution in [0, 0.1) is 12.3 Å². The molecule has 0 saturated heterocycles. The number of aryl methyl sites for hydroxylation is 1. The fraction of sp³-hybridized carbons (Fsp3) is 0.444. The first-order valence-electron chi connectivity index (χ1n) is 4.14. The zero-order valence-corrected chi connectivity index (χ0v) is 8.15. The summed E-state index contributed by atoms with van der Waals surface area (Å²) in [5.74, 6) is -0.935. The molecule has 1 unspecified atom stereocenters. The van der Waals surface area contributed by atoms with Gasteiger partial charge in [0.25, 0.3) is 0 Å². The maximum atomic E-state index is 10.9. The Morgan fingerprint density at radius 2 is 2.36 bits per heavy atom. The smallest absolute Gasteiger partial charge is 0.313 e. The maximum Gasteiger partial charge on any atom is 0.313 e. The number of hydrogen-bond acceptors (Lipinski definition) is 4. The van der Waals surface area contributed by atoms with Crippen LogP contribution in [0.2, 0.25) is 0 Å². The molecule has 5 nitrogen and oxygen atoms in total. The van der Waals surface area contributed by atoms with Gasteiger partial charge in [0.05, 0.1) is 5.41 Å². The second kappa shape index (κ2) is 3.61. The van der Waals surface area contributed by atoms with Crippen molar-refractivity contribution in [1.82, 2.24) is 10.3 Å². The third-order valence-electron chi connectivity index (χ3n) is 2.22. The number of aromatic nitrogens is 2. The van der Waals surface area contributed by atoms with Crippen LogP contribution in [-0.4, -0.2) is 21.4 Å². The highest BCUT2D eigenvalue weighted by atomic mass is 16.6. The van der Waals surface area contributed by atoms with Crippen molar-refractivity contribution in [3.05, 3.63) is 24.0 Å². The lowest BCUT2D eigenvalue weighted by molar-refractivity contribution is -0.145. The van der Waals surface area contributed by atoms with Crippen LogP contribution in [0.3, 0.4) is 0 Å². The topological polar surface area (TPSA) is 76.2 Å². The molecule has 0 bridgehead atoms. The molecule has 0 radical (unpaired) electrons. The van der Waals surface area contributed by atoms with Crippen molar-refractivity contribution in [3.63, 3.8) is 0 Å². The first kappa shape index (κ1) is 10.4. The Morgan fingerprint density at radius 3 is 2.71 bits per heavy atom. The minimum Gasteiger partial charge on any atom is -0.481 e. The van der Waals surface area contributed by atoms with E-state index in [0.29, 0.717) is 11.4 Å². The quantitative estimate of drug-likeness (QED) is 0.732. The number of rotatable bonds is 4. The zero-order chi connectivity index (χ0) is 10.8. The average Bonchev–Trinajstić information content (AvgIpc) is 2.51. The third kappa shape index (κ3) is 1.81. The van der Waals surface area contributed by atoms with Crippen LogP contribution in [0.4, 0.5) is 0 Å². The van der Waals surface area contributed by atoms with Gasteiger partial charge < -0.3 is 5.11 Å². The highest BCUT2D eigenvalue weighted by molar-refractivity contribution is 5.76. The molecule has 0 aliphatic carbocycles. The van der Waals surface area contributed by atoms with Gasteiger partial charge in [0.2, 0.25) is 0 Å². The van der Waals surface area contributed by atoms with E-state index in [9.17, 15) is 4.79 Å². The summed E-state index contributed by atoms with van der Waals surface area (Å²) in [6, 6.07) is 0. The fourth-order valence-electron chi connectivity index (χ4n) is 0.993. The summed E-state index contributed by atoms with van der Waals surface area (Å²) in [6.45, 7) is 6.80. The Bertz CT molecular complexity index is 359. The van der Waals surface area contributed by atoms with E-state index in [2.05, 4.69) is 21.5 Å². The van der Waals surface area contributed by atoms with Crippen molar-refractivity contribution in [2.45, 2.75) is 20.3 Å². The molecule has 0 aliphatic heterocycles. The average molecular weight is 196 g/mol. The summed E-state index contributed by atoms with van der Waals surface area (Å²) >= 11 is 0. The summed E-state index contributed by atoms with van der Waals surface area (Å²) in [6.07, 6.45) is 1.63.